The number of nitrogens with zero attached hydrogens (tertiary/aromatic N) is 1. The summed E-state index contributed by atoms with van der Waals surface area (Å²) in [5, 5.41) is 28.0. The number of likely N-dealkylation sites (tertiary alicyclic amines) is 1. The first-order chi connectivity index (χ1) is 9.90. The Bertz CT molecular complexity index is 478. The number of β-amino-alcohol motifs (C(OH)–C–C–N with tert-alkyl or cyclic N) is 1. The molecule has 1 heterocycles. The molecule has 1 aliphatic rings. The fourth-order valence-corrected chi connectivity index (χ4v) is 1.88. The molecule has 6 nitrogen and oxygen atoms in total. The van der Waals surface area contributed by atoms with Gasteiger partial charge in [0.15, 0.2) is 0 Å². The second-order valence-electron chi connectivity index (χ2n) is 4.67. The van der Waals surface area contributed by atoms with Gasteiger partial charge in [-0.1, -0.05) is 30.3 Å². The predicted octanol–water partition coefficient (Wildman–Crippen LogP) is -1.53. The minimum atomic E-state index is -1.55. The number of hydrogen-bond donors (Lipinski definition) is 1. The Morgan fingerprint density at radius 1 is 1.19 bits per heavy atom. The van der Waals surface area contributed by atoms with Gasteiger partial charge in [0.25, 0.3) is 0 Å². The van der Waals surface area contributed by atoms with Crippen molar-refractivity contribution >= 4 is 11.9 Å². The minimum absolute atomic E-state index is 0.105. The fourth-order valence-electron chi connectivity index (χ4n) is 1.88. The number of aliphatic carboxylic acids is 2. The molecule has 2 rings (SSSR count). The van der Waals surface area contributed by atoms with E-state index in [0.717, 1.165) is 13.1 Å². The van der Waals surface area contributed by atoms with Crippen LogP contribution < -0.4 is 10.2 Å². The number of rotatable bonds is 4. The predicted molar refractivity (Wildman–Crippen MR) is 71.6 cm³/mol. The molecule has 1 aromatic carbocycles. The number of aliphatic hydroxyl groups excluding tert-OH is 1. The third-order valence-electron chi connectivity index (χ3n) is 3.08. The molecule has 1 saturated heterocycles. The van der Waals surface area contributed by atoms with Crippen molar-refractivity contribution in [2.24, 2.45) is 0 Å². The van der Waals surface area contributed by atoms with Crippen molar-refractivity contribution in [2.75, 3.05) is 13.1 Å². The second-order valence-corrected chi connectivity index (χ2v) is 4.67. The molecule has 21 heavy (non-hydrogen) atoms. The number of carboxylic acids is 2. The van der Waals surface area contributed by atoms with Crippen molar-refractivity contribution < 1.29 is 24.9 Å². The maximum atomic E-state index is 9.41. The van der Waals surface area contributed by atoms with E-state index in [4.69, 9.17) is 0 Å². The summed E-state index contributed by atoms with van der Waals surface area (Å²) in [6, 6.07) is 10.8. The molecule has 0 radical (unpaired) electrons. The largest absolute Gasteiger partial charge is 0.545 e. The Kier molecular flexibility index (Phi) is 6.58. The highest BCUT2D eigenvalue weighted by Crippen LogP contribution is 2.24. The standard InChI is InChI=1S/C11H15NO.C4H4O4/c1-9(12-7-11(13)8-12)10-5-3-2-4-6-10;5-3(6)1-2-4(7)8/h2-6,9,11,13H,7-8H2,1H3;1-2H,(H,5,6)(H,7,8)/p-2/b;2-1+. The first-order valence-corrected chi connectivity index (χ1v) is 6.47. The summed E-state index contributed by atoms with van der Waals surface area (Å²) in [5.74, 6) is -3.09. The lowest BCUT2D eigenvalue weighted by Gasteiger charge is -2.40. The number of aliphatic hydroxyl groups is 1. The Labute approximate surface area is 122 Å². The van der Waals surface area contributed by atoms with E-state index in [2.05, 4.69) is 36.1 Å². The zero-order valence-electron chi connectivity index (χ0n) is 11.6. The van der Waals surface area contributed by atoms with Gasteiger partial charge in [-0.05, 0) is 24.6 Å². The first-order valence-electron chi connectivity index (χ1n) is 6.47. The Hall–Kier alpha value is -2.18. The zero-order valence-corrected chi connectivity index (χ0v) is 11.6. The van der Waals surface area contributed by atoms with E-state index < -0.39 is 11.9 Å². The summed E-state index contributed by atoms with van der Waals surface area (Å²) in [4.78, 5) is 21.1. The van der Waals surface area contributed by atoms with Crippen LogP contribution in [0.3, 0.4) is 0 Å². The quantitative estimate of drug-likeness (QED) is 0.675. The third kappa shape index (κ3) is 6.20. The zero-order chi connectivity index (χ0) is 15.8. The van der Waals surface area contributed by atoms with Gasteiger partial charge in [-0.2, -0.15) is 0 Å². The van der Waals surface area contributed by atoms with Crippen molar-refractivity contribution in [2.45, 2.75) is 19.1 Å². The SMILES string of the molecule is CC(c1ccccc1)N1CC(O)C1.O=C([O-])/C=C/C(=O)[O-]. The van der Waals surface area contributed by atoms with Crippen molar-refractivity contribution in [1.29, 1.82) is 0 Å². The molecule has 0 aromatic heterocycles. The molecule has 0 bridgehead atoms. The minimum Gasteiger partial charge on any atom is -0.545 e. The van der Waals surface area contributed by atoms with Gasteiger partial charge in [-0.3, -0.25) is 4.90 Å². The molecular weight excluding hydrogens is 274 g/mol. The van der Waals surface area contributed by atoms with E-state index in [1.165, 1.54) is 5.56 Å². The molecule has 1 aliphatic heterocycles. The van der Waals surface area contributed by atoms with Gasteiger partial charge < -0.3 is 24.9 Å². The van der Waals surface area contributed by atoms with Crippen LogP contribution in [0.2, 0.25) is 0 Å². The molecule has 1 N–H and O–H groups in total. The first kappa shape index (κ1) is 16.9. The van der Waals surface area contributed by atoms with Gasteiger partial charge in [-0.25, -0.2) is 0 Å². The summed E-state index contributed by atoms with van der Waals surface area (Å²) in [6.45, 7) is 3.81. The van der Waals surface area contributed by atoms with Gasteiger partial charge in [-0.15, -0.1) is 0 Å². The molecule has 0 aliphatic carbocycles. The lowest BCUT2D eigenvalue weighted by atomic mass is 10.0. The highest BCUT2D eigenvalue weighted by atomic mass is 16.4. The number of carbonyl (C=O) groups is 2. The molecule has 1 atom stereocenters. The molecule has 1 fully saturated rings. The van der Waals surface area contributed by atoms with Gasteiger partial charge in [0, 0.05) is 19.1 Å². The van der Waals surface area contributed by atoms with E-state index in [1.807, 2.05) is 6.07 Å². The molecule has 1 unspecified atom stereocenters. The van der Waals surface area contributed by atoms with E-state index in [9.17, 15) is 24.9 Å². The van der Waals surface area contributed by atoms with Crippen LogP contribution in [0.25, 0.3) is 0 Å². The Morgan fingerprint density at radius 2 is 1.67 bits per heavy atom. The van der Waals surface area contributed by atoms with Crippen molar-refractivity contribution in [3.05, 3.63) is 48.0 Å². The van der Waals surface area contributed by atoms with Crippen LogP contribution in [0.5, 0.6) is 0 Å². The third-order valence-corrected chi connectivity index (χ3v) is 3.08. The van der Waals surface area contributed by atoms with Gasteiger partial charge in [0.1, 0.15) is 0 Å². The molecule has 114 valence electrons. The Balaban J connectivity index is 0.000000240. The average Bonchev–Trinajstić information content (AvgIpc) is 2.43. The topological polar surface area (TPSA) is 104 Å². The smallest absolute Gasteiger partial charge is 0.0794 e. The average molecular weight is 291 g/mol. The summed E-state index contributed by atoms with van der Waals surface area (Å²) in [5.41, 5.74) is 1.33. The van der Waals surface area contributed by atoms with Crippen LogP contribution in [0, 0.1) is 0 Å². The molecule has 1 aromatic rings. The summed E-state index contributed by atoms with van der Waals surface area (Å²) < 4.78 is 0. The molecular formula is C15H17NO5-2. The summed E-state index contributed by atoms with van der Waals surface area (Å²) >= 11 is 0. The van der Waals surface area contributed by atoms with Crippen molar-refractivity contribution in [3.8, 4) is 0 Å². The van der Waals surface area contributed by atoms with Crippen LogP contribution in [0.15, 0.2) is 42.5 Å². The molecule has 0 amide bonds. The van der Waals surface area contributed by atoms with Gasteiger partial charge in [0.05, 0.1) is 18.0 Å². The normalized spacial score (nSPS) is 16.7. The van der Waals surface area contributed by atoms with Crippen LogP contribution in [-0.4, -0.2) is 41.1 Å². The maximum absolute atomic E-state index is 9.41. The molecule has 6 heteroatoms. The van der Waals surface area contributed by atoms with Crippen LogP contribution >= 0.6 is 0 Å². The van der Waals surface area contributed by atoms with E-state index in [1.54, 1.807) is 0 Å². The van der Waals surface area contributed by atoms with Gasteiger partial charge >= 0.3 is 0 Å². The van der Waals surface area contributed by atoms with Crippen LogP contribution in [-0.2, 0) is 9.59 Å². The van der Waals surface area contributed by atoms with Crippen molar-refractivity contribution in [1.82, 2.24) is 4.90 Å². The molecule has 0 spiro atoms. The second kappa shape index (κ2) is 8.18. The van der Waals surface area contributed by atoms with Crippen LogP contribution in [0.1, 0.15) is 18.5 Å². The summed E-state index contributed by atoms with van der Waals surface area (Å²) in [7, 11) is 0. The highest BCUT2D eigenvalue weighted by molar-refractivity contribution is 5.87. The van der Waals surface area contributed by atoms with Gasteiger partial charge in [0.2, 0.25) is 0 Å². The number of carbonyl (C=O) groups excluding carboxylic acids is 2. The number of benzene rings is 1. The Morgan fingerprint density at radius 3 is 2.05 bits per heavy atom. The lowest BCUT2D eigenvalue weighted by molar-refractivity contribution is -0.301. The molecule has 0 saturated carbocycles. The fraction of sp³-hybridized carbons (Fsp3) is 0.333. The lowest BCUT2D eigenvalue weighted by Crippen LogP contribution is -2.51. The van der Waals surface area contributed by atoms with Crippen molar-refractivity contribution in [3.63, 3.8) is 0 Å². The monoisotopic (exact) mass is 291 g/mol. The van der Waals surface area contributed by atoms with E-state index >= 15 is 0 Å². The highest BCUT2D eigenvalue weighted by Gasteiger charge is 2.28. The summed E-state index contributed by atoms with van der Waals surface area (Å²) in [6.07, 6.45) is 0.663. The maximum Gasteiger partial charge on any atom is 0.0794 e. The van der Waals surface area contributed by atoms with E-state index in [-0.39, 0.29) is 6.10 Å². The van der Waals surface area contributed by atoms with Crippen LogP contribution in [0.4, 0.5) is 0 Å². The number of carboxylic acid groups (broad SMARTS) is 2. The van der Waals surface area contributed by atoms with E-state index in [0.29, 0.717) is 18.2 Å². The number of hydrogen-bond acceptors (Lipinski definition) is 6.